The highest BCUT2D eigenvalue weighted by Gasteiger charge is 2.22. The van der Waals surface area contributed by atoms with Gasteiger partial charge in [-0.05, 0) is 36.6 Å². The molecule has 0 bridgehead atoms. The number of rotatable bonds is 4. The maximum absolute atomic E-state index is 13.5. The van der Waals surface area contributed by atoms with Gasteiger partial charge in [-0.2, -0.15) is 0 Å². The molecule has 3 heterocycles. The summed E-state index contributed by atoms with van der Waals surface area (Å²) in [4.78, 5) is 39.4. The Kier molecular flexibility index (Phi) is 4.97. The van der Waals surface area contributed by atoms with Crippen LogP contribution in [0.2, 0.25) is 0 Å². The van der Waals surface area contributed by atoms with Crippen molar-refractivity contribution in [1.82, 2.24) is 23.3 Å². The van der Waals surface area contributed by atoms with Gasteiger partial charge in [-0.3, -0.25) is 14.2 Å². The van der Waals surface area contributed by atoms with Gasteiger partial charge in [0.15, 0.2) is 0 Å². The Morgan fingerprint density at radius 1 is 1.00 bits per heavy atom. The number of hydrogen-bond donors (Lipinski definition) is 1. The molecule has 0 radical (unpaired) electrons. The molecule has 172 valence electrons. The van der Waals surface area contributed by atoms with Gasteiger partial charge in [0.2, 0.25) is 11.7 Å². The maximum atomic E-state index is 13.5. The van der Waals surface area contributed by atoms with E-state index in [0.717, 1.165) is 26.9 Å². The molecule has 9 nitrogen and oxygen atoms in total. The lowest BCUT2D eigenvalue weighted by atomic mass is 10.1. The molecule has 0 spiro atoms. The van der Waals surface area contributed by atoms with Crippen molar-refractivity contribution in [2.75, 3.05) is 5.32 Å². The summed E-state index contributed by atoms with van der Waals surface area (Å²) >= 11 is 0. The van der Waals surface area contributed by atoms with Crippen LogP contribution in [0.25, 0.3) is 27.9 Å². The highest BCUT2D eigenvalue weighted by atomic mass is 16.2. The Hall–Kier alpha value is -4.40. The lowest BCUT2D eigenvalue weighted by molar-refractivity contribution is -0.117. The van der Waals surface area contributed by atoms with Gasteiger partial charge in [0.05, 0.1) is 5.52 Å². The van der Waals surface area contributed by atoms with Crippen LogP contribution in [0.3, 0.4) is 0 Å². The van der Waals surface area contributed by atoms with Crippen molar-refractivity contribution in [1.29, 1.82) is 0 Å². The van der Waals surface area contributed by atoms with Gasteiger partial charge in [-0.25, -0.2) is 13.9 Å². The van der Waals surface area contributed by atoms with Crippen molar-refractivity contribution < 1.29 is 4.79 Å². The minimum absolute atomic E-state index is 0.172. The molecule has 34 heavy (non-hydrogen) atoms. The first-order valence-corrected chi connectivity index (χ1v) is 10.9. The molecule has 0 atom stereocenters. The standard InChI is InChI=1S/C25H24N6O3/c1-15-10-11-16(2)19(12-15)26-20(32)14-30-25(34)31-21-18(17-8-6-5-7-9-17)13-28(3)22(21)23(33)29(4)24(31)27-30/h5-13H,14H2,1-4H3,(H,26,32). The minimum Gasteiger partial charge on any atom is -0.344 e. The van der Waals surface area contributed by atoms with Crippen molar-refractivity contribution >= 4 is 28.4 Å². The number of nitrogens with one attached hydrogen (secondary N) is 1. The predicted molar refractivity (Wildman–Crippen MR) is 131 cm³/mol. The topological polar surface area (TPSA) is 95.3 Å². The molecule has 5 aromatic rings. The Labute approximate surface area is 194 Å². The van der Waals surface area contributed by atoms with E-state index in [4.69, 9.17) is 0 Å². The summed E-state index contributed by atoms with van der Waals surface area (Å²) in [6.45, 7) is 3.56. The molecular formula is C25H24N6O3. The molecule has 3 aromatic heterocycles. The summed E-state index contributed by atoms with van der Waals surface area (Å²) in [7, 11) is 3.34. The quantitative estimate of drug-likeness (QED) is 0.450. The van der Waals surface area contributed by atoms with Crippen LogP contribution in [0.15, 0.2) is 64.3 Å². The zero-order valence-electron chi connectivity index (χ0n) is 19.4. The zero-order chi connectivity index (χ0) is 24.1. The molecule has 1 N–H and O–H groups in total. The Bertz CT molecular complexity index is 1700. The van der Waals surface area contributed by atoms with Crippen LogP contribution < -0.4 is 16.6 Å². The van der Waals surface area contributed by atoms with Crippen molar-refractivity contribution in [2.24, 2.45) is 14.1 Å². The van der Waals surface area contributed by atoms with Crippen LogP contribution >= 0.6 is 0 Å². The highest BCUT2D eigenvalue weighted by molar-refractivity contribution is 5.94. The summed E-state index contributed by atoms with van der Waals surface area (Å²) in [5.41, 5.74) is 4.32. The monoisotopic (exact) mass is 456 g/mol. The number of hydrogen-bond acceptors (Lipinski definition) is 4. The van der Waals surface area contributed by atoms with Crippen molar-refractivity contribution in [3.63, 3.8) is 0 Å². The maximum Gasteiger partial charge on any atom is 0.352 e. The summed E-state index contributed by atoms with van der Waals surface area (Å²) in [5, 5.41) is 7.20. The van der Waals surface area contributed by atoms with Gasteiger partial charge in [0.25, 0.3) is 5.56 Å². The fraction of sp³-hybridized carbons (Fsp3) is 0.200. The van der Waals surface area contributed by atoms with Crippen LogP contribution in [0.5, 0.6) is 0 Å². The number of benzene rings is 2. The second-order valence-corrected chi connectivity index (χ2v) is 8.52. The van der Waals surface area contributed by atoms with Crippen LogP contribution in [0.1, 0.15) is 11.1 Å². The number of fused-ring (bicyclic) bond motifs is 3. The Morgan fingerprint density at radius 3 is 2.47 bits per heavy atom. The fourth-order valence-electron chi connectivity index (χ4n) is 4.28. The number of anilines is 1. The number of amides is 1. The normalized spacial score (nSPS) is 11.4. The lowest BCUT2D eigenvalue weighted by Gasteiger charge is -2.08. The van der Waals surface area contributed by atoms with E-state index in [1.165, 1.54) is 8.97 Å². The van der Waals surface area contributed by atoms with Gasteiger partial charge in [0, 0.05) is 31.5 Å². The first-order chi connectivity index (χ1) is 16.3. The number of aryl methyl sites for hydroxylation is 4. The molecule has 0 unspecified atom stereocenters. The zero-order valence-corrected chi connectivity index (χ0v) is 19.4. The first kappa shape index (κ1) is 21.4. The number of carbonyl (C=O) groups is 1. The van der Waals surface area contributed by atoms with E-state index in [-0.39, 0.29) is 23.8 Å². The summed E-state index contributed by atoms with van der Waals surface area (Å²) < 4.78 is 5.55. The lowest BCUT2D eigenvalue weighted by Crippen LogP contribution is -2.29. The summed E-state index contributed by atoms with van der Waals surface area (Å²) in [6, 6.07) is 15.3. The number of carbonyl (C=O) groups excluding carboxylic acids is 1. The third-order valence-electron chi connectivity index (χ3n) is 6.05. The smallest absolute Gasteiger partial charge is 0.344 e. The van der Waals surface area contributed by atoms with E-state index < -0.39 is 5.69 Å². The van der Waals surface area contributed by atoms with Gasteiger partial charge in [-0.1, -0.05) is 42.5 Å². The van der Waals surface area contributed by atoms with E-state index in [9.17, 15) is 14.4 Å². The fourth-order valence-corrected chi connectivity index (χ4v) is 4.28. The molecule has 0 saturated carbocycles. The average molecular weight is 457 g/mol. The molecule has 5 rings (SSSR count). The number of nitrogens with zero attached hydrogens (tertiary/aromatic N) is 5. The highest BCUT2D eigenvalue weighted by Crippen LogP contribution is 2.28. The van der Waals surface area contributed by atoms with Crippen LogP contribution in [0.4, 0.5) is 5.69 Å². The summed E-state index contributed by atoms with van der Waals surface area (Å²) in [5.74, 6) is -0.206. The predicted octanol–water partition coefficient (Wildman–Crippen LogP) is 2.61. The molecule has 0 fully saturated rings. The largest absolute Gasteiger partial charge is 0.352 e. The summed E-state index contributed by atoms with van der Waals surface area (Å²) in [6.07, 6.45) is 1.83. The molecule has 9 heteroatoms. The van der Waals surface area contributed by atoms with E-state index in [0.29, 0.717) is 16.7 Å². The van der Waals surface area contributed by atoms with Crippen molar-refractivity contribution in [3.05, 3.63) is 86.7 Å². The third-order valence-corrected chi connectivity index (χ3v) is 6.05. The molecule has 1 amide bonds. The van der Waals surface area contributed by atoms with Gasteiger partial charge >= 0.3 is 5.69 Å². The molecule has 0 aliphatic carbocycles. The van der Waals surface area contributed by atoms with E-state index >= 15 is 0 Å². The van der Waals surface area contributed by atoms with Crippen LogP contribution in [-0.4, -0.2) is 29.2 Å². The van der Waals surface area contributed by atoms with Crippen molar-refractivity contribution in [3.8, 4) is 11.1 Å². The van der Waals surface area contributed by atoms with E-state index in [1.807, 2.05) is 68.6 Å². The number of aromatic nitrogens is 5. The minimum atomic E-state index is -0.491. The van der Waals surface area contributed by atoms with Gasteiger partial charge < -0.3 is 9.88 Å². The van der Waals surface area contributed by atoms with E-state index in [2.05, 4.69) is 10.4 Å². The second kappa shape index (κ2) is 7.87. The Morgan fingerprint density at radius 2 is 1.74 bits per heavy atom. The molecular weight excluding hydrogens is 432 g/mol. The molecule has 0 aliphatic rings. The van der Waals surface area contributed by atoms with Crippen LogP contribution in [-0.2, 0) is 25.4 Å². The second-order valence-electron chi connectivity index (χ2n) is 8.52. The van der Waals surface area contributed by atoms with Gasteiger partial charge in [-0.15, -0.1) is 5.10 Å². The molecule has 0 aliphatic heterocycles. The SMILES string of the molecule is Cc1ccc(C)c(NC(=O)Cn2nc3n(C)c(=O)c4c(c(-c5ccccc5)cn4C)n3c2=O)c1. The van der Waals surface area contributed by atoms with Gasteiger partial charge in [0.1, 0.15) is 12.1 Å². The van der Waals surface area contributed by atoms with Crippen molar-refractivity contribution in [2.45, 2.75) is 20.4 Å². The average Bonchev–Trinajstić information content (AvgIpc) is 3.32. The first-order valence-electron chi connectivity index (χ1n) is 10.9. The van der Waals surface area contributed by atoms with E-state index in [1.54, 1.807) is 18.7 Å². The molecule has 0 saturated heterocycles. The molecule has 2 aromatic carbocycles. The Balaban J connectivity index is 1.67. The third kappa shape index (κ3) is 3.33. The van der Waals surface area contributed by atoms with Crippen LogP contribution in [0, 0.1) is 13.8 Å².